The third-order valence-corrected chi connectivity index (χ3v) is 2.72. The maximum atomic E-state index is 11.4. The minimum Gasteiger partial charge on any atom is -0.495 e. The molecule has 1 amide bonds. The van der Waals surface area contributed by atoms with Crippen LogP contribution >= 0.6 is 11.6 Å². The number of rotatable bonds is 6. The molecule has 1 N–H and O–H groups in total. The largest absolute Gasteiger partial charge is 0.495 e. The standard InChI is InChI=1S/C13H18ClNO2/c1-3-8-15-13(16)7-5-10-4-6-12(17-2)11(14)9-10/h4,6,9H,3,5,7-8H2,1-2H3,(H,15,16). The Kier molecular flexibility index (Phi) is 5.84. The van der Waals surface area contributed by atoms with Gasteiger partial charge in [0.15, 0.2) is 0 Å². The molecular formula is C13H18ClNO2. The highest BCUT2D eigenvalue weighted by molar-refractivity contribution is 6.32. The molecular weight excluding hydrogens is 238 g/mol. The van der Waals surface area contributed by atoms with E-state index in [0.29, 0.717) is 23.6 Å². The van der Waals surface area contributed by atoms with E-state index in [0.717, 1.165) is 18.5 Å². The zero-order chi connectivity index (χ0) is 12.7. The number of halogens is 1. The van der Waals surface area contributed by atoms with E-state index in [1.807, 2.05) is 25.1 Å². The van der Waals surface area contributed by atoms with Crippen LogP contribution in [0.15, 0.2) is 18.2 Å². The van der Waals surface area contributed by atoms with Crippen LogP contribution in [0.5, 0.6) is 5.75 Å². The maximum absolute atomic E-state index is 11.4. The SMILES string of the molecule is CCCNC(=O)CCc1ccc(OC)c(Cl)c1. The van der Waals surface area contributed by atoms with Crippen LogP contribution in [-0.4, -0.2) is 19.6 Å². The summed E-state index contributed by atoms with van der Waals surface area (Å²) < 4.78 is 5.07. The molecule has 1 aromatic carbocycles. The number of carbonyl (C=O) groups is 1. The van der Waals surface area contributed by atoms with Gasteiger partial charge in [-0.05, 0) is 30.5 Å². The lowest BCUT2D eigenvalue weighted by Gasteiger charge is -2.06. The average Bonchev–Trinajstić information content (AvgIpc) is 2.34. The van der Waals surface area contributed by atoms with Gasteiger partial charge in [-0.15, -0.1) is 0 Å². The molecule has 1 rings (SSSR count). The van der Waals surface area contributed by atoms with Gasteiger partial charge in [-0.1, -0.05) is 24.6 Å². The molecule has 0 fully saturated rings. The van der Waals surface area contributed by atoms with Gasteiger partial charge in [-0.3, -0.25) is 4.79 Å². The Morgan fingerprint density at radius 1 is 1.47 bits per heavy atom. The molecule has 0 aromatic heterocycles. The van der Waals surface area contributed by atoms with Gasteiger partial charge in [0.05, 0.1) is 12.1 Å². The average molecular weight is 256 g/mol. The number of methoxy groups -OCH3 is 1. The molecule has 0 bridgehead atoms. The second-order valence-electron chi connectivity index (χ2n) is 3.82. The van der Waals surface area contributed by atoms with Gasteiger partial charge >= 0.3 is 0 Å². The Morgan fingerprint density at radius 2 is 2.24 bits per heavy atom. The van der Waals surface area contributed by atoms with Crippen LogP contribution in [0.2, 0.25) is 5.02 Å². The molecule has 4 heteroatoms. The quantitative estimate of drug-likeness (QED) is 0.849. The van der Waals surface area contributed by atoms with Crippen LogP contribution in [0, 0.1) is 0 Å². The number of aryl methyl sites for hydroxylation is 1. The van der Waals surface area contributed by atoms with Crippen molar-refractivity contribution in [2.75, 3.05) is 13.7 Å². The number of hydrogen-bond acceptors (Lipinski definition) is 2. The first-order valence-corrected chi connectivity index (χ1v) is 6.14. The van der Waals surface area contributed by atoms with Gasteiger partial charge in [-0.2, -0.15) is 0 Å². The highest BCUT2D eigenvalue weighted by atomic mass is 35.5. The van der Waals surface area contributed by atoms with E-state index < -0.39 is 0 Å². The molecule has 1 aromatic rings. The Morgan fingerprint density at radius 3 is 2.82 bits per heavy atom. The monoisotopic (exact) mass is 255 g/mol. The van der Waals surface area contributed by atoms with Crippen molar-refractivity contribution in [2.45, 2.75) is 26.2 Å². The first kappa shape index (κ1) is 13.8. The molecule has 0 atom stereocenters. The van der Waals surface area contributed by atoms with Crippen molar-refractivity contribution in [3.63, 3.8) is 0 Å². The second-order valence-corrected chi connectivity index (χ2v) is 4.23. The van der Waals surface area contributed by atoms with Crippen molar-refractivity contribution < 1.29 is 9.53 Å². The predicted octanol–water partition coefficient (Wildman–Crippen LogP) is 2.81. The summed E-state index contributed by atoms with van der Waals surface area (Å²) in [5.41, 5.74) is 1.04. The Hall–Kier alpha value is -1.22. The first-order valence-electron chi connectivity index (χ1n) is 5.76. The first-order chi connectivity index (χ1) is 8.17. The van der Waals surface area contributed by atoms with Crippen LogP contribution in [0.25, 0.3) is 0 Å². The predicted molar refractivity (Wildman–Crippen MR) is 69.6 cm³/mol. The van der Waals surface area contributed by atoms with E-state index in [9.17, 15) is 4.79 Å². The summed E-state index contributed by atoms with van der Waals surface area (Å²) in [4.78, 5) is 11.4. The lowest BCUT2D eigenvalue weighted by atomic mass is 10.1. The van der Waals surface area contributed by atoms with Gasteiger partial charge in [0.1, 0.15) is 5.75 Å². The lowest BCUT2D eigenvalue weighted by molar-refractivity contribution is -0.121. The number of hydrogen-bond donors (Lipinski definition) is 1. The van der Waals surface area contributed by atoms with Crippen LogP contribution in [0.3, 0.4) is 0 Å². The topological polar surface area (TPSA) is 38.3 Å². The molecule has 0 saturated carbocycles. The van der Waals surface area contributed by atoms with Crippen molar-refractivity contribution in [3.8, 4) is 5.75 Å². The number of nitrogens with one attached hydrogen (secondary N) is 1. The van der Waals surface area contributed by atoms with Crippen LogP contribution in [0.1, 0.15) is 25.3 Å². The Balaban J connectivity index is 2.47. The zero-order valence-corrected chi connectivity index (χ0v) is 11.0. The van der Waals surface area contributed by atoms with E-state index in [-0.39, 0.29) is 5.91 Å². The van der Waals surface area contributed by atoms with Crippen molar-refractivity contribution in [3.05, 3.63) is 28.8 Å². The van der Waals surface area contributed by atoms with Gasteiger partial charge in [0.2, 0.25) is 5.91 Å². The summed E-state index contributed by atoms with van der Waals surface area (Å²) in [6, 6.07) is 5.59. The fourth-order valence-electron chi connectivity index (χ4n) is 1.48. The van der Waals surface area contributed by atoms with Crippen LogP contribution < -0.4 is 10.1 Å². The number of carbonyl (C=O) groups excluding carboxylic acids is 1. The number of amides is 1. The van der Waals surface area contributed by atoms with E-state index in [1.54, 1.807) is 7.11 Å². The maximum Gasteiger partial charge on any atom is 0.220 e. The van der Waals surface area contributed by atoms with E-state index in [4.69, 9.17) is 16.3 Å². The molecule has 0 unspecified atom stereocenters. The minimum atomic E-state index is 0.0822. The zero-order valence-electron chi connectivity index (χ0n) is 10.3. The second kappa shape index (κ2) is 7.17. The smallest absolute Gasteiger partial charge is 0.220 e. The molecule has 0 radical (unpaired) electrons. The highest BCUT2D eigenvalue weighted by Crippen LogP contribution is 2.25. The normalized spacial score (nSPS) is 10.1. The van der Waals surface area contributed by atoms with Gasteiger partial charge in [0.25, 0.3) is 0 Å². The summed E-state index contributed by atoms with van der Waals surface area (Å²) in [7, 11) is 1.58. The summed E-state index contributed by atoms with van der Waals surface area (Å²) in [6.07, 6.45) is 2.14. The molecule has 3 nitrogen and oxygen atoms in total. The lowest BCUT2D eigenvalue weighted by Crippen LogP contribution is -2.24. The van der Waals surface area contributed by atoms with Crippen molar-refractivity contribution in [1.82, 2.24) is 5.32 Å². The molecule has 0 aliphatic rings. The number of benzene rings is 1. The van der Waals surface area contributed by atoms with Gasteiger partial charge in [0, 0.05) is 13.0 Å². The van der Waals surface area contributed by atoms with Crippen LogP contribution in [0.4, 0.5) is 0 Å². The fourth-order valence-corrected chi connectivity index (χ4v) is 1.76. The third-order valence-electron chi connectivity index (χ3n) is 2.43. The van der Waals surface area contributed by atoms with E-state index >= 15 is 0 Å². The molecule has 0 spiro atoms. The molecule has 17 heavy (non-hydrogen) atoms. The highest BCUT2D eigenvalue weighted by Gasteiger charge is 2.04. The molecule has 0 aliphatic heterocycles. The molecule has 0 aliphatic carbocycles. The Bertz CT molecular complexity index is 380. The van der Waals surface area contributed by atoms with Crippen molar-refractivity contribution in [1.29, 1.82) is 0 Å². The summed E-state index contributed by atoms with van der Waals surface area (Å²) in [5, 5.41) is 3.43. The van der Waals surface area contributed by atoms with Gasteiger partial charge in [-0.25, -0.2) is 0 Å². The van der Waals surface area contributed by atoms with Crippen molar-refractivity contribution >= 4 is 17.5 Å². The molecule has 0 heterocycles. The van der Waals surface area contributed by atoms with Crippen LogP contribution in [-0.2, 0) is 11.2 Å². The van der Waals surface area contributed by atoms with E-state index in [2.05, 4.69) is 5.32 Å². The van der Waals surface area contributed by atoms with E-state index in [1.165, 1.54) is 0 Å². The molecule has 94 valence electrons. The summed E-state index contributed by atoms with van der Waals surface area (Å²) in [5.74, 6) is 0.740. The van der Waals surface area contributed by atoms with Crippen molar-refractivity contribution in [2.24, 2.45) is 0 Å². The summed E-state index contributed by atoms with van der Waals surface area (Å²) in [6.45, 7) is 2.77. The fraction of sp³-hybridized carbons (Fsp3) is 0.462. The Labute approximate surface area is 107 Å². The summed E-state index contributed by atoms with van der Waals surface area (Å²) >= 11 is 6.00. The minimum absolute atomic E-state index is 0.0822. The number of ether oxygens (including phenoxy) is 1. The molecule has 0 saturated heterocycles. The third kappa shape index (κ3) is 4.65. The van der Waals surface area contributed by atoms with Gasteiger partial charge < -0.3 is 10.1 Å².